The topological polar surface area (TPSA) is 43.4 Å². The molecule has 5 heteroatoms. The van der Waals surface area contributed by atoms with Gasteiger partial charge in [0.25, 0.3) is 0 Å². The highest BCUT2D eigenvalue weighted by Gasteiger charge is 2.14. The molecule has 0 spiro atoms. The molecule has 2 aromatic rings. The highest BCUT2D eigenvalue weighted by Crippen LogP contribution is 2.34. The normalized spacial score (nSPS) is 17.8. The van der Waals surface area contributed by atoms with Crippen molar-refractivity contribution in [3.8, 4) is 11.5 Å². The van der Waals surface area contributed by atoms with Crippen LogP contribution in [0.15, 0.2) is 24.4 Å². The first-order valence-electron chi connectivity index (χ1n) is 7.73. The van der Waals surface area contributed by atoms with Gasteiger partial charge < -0.3 is 14.8 Å². The van der Waals surface area contributed by atoms with Crippen LogP contribution < -0.4 is 14.8 Å². The zero-order chi connectivity index (χ0) is 15.4. The van der Waals surface area contributed by atoms with Crippen LogP contribution in [0.25, 0.3) is 10.9 Å². The molecule has 1 aromatic heterocycles. The van der Waals surface area contributed by atoms with Crippen LogP contribution in [-0.4, -0.2) is 31.8 Å². The van der Waals surface area contributed by atoms with Crippen LogP contribution >= 0.6 is 11.6 Å². The lowest BCUT2D eigenvalue weighted by molar-refractivity contribution is 0.278. The maximum Gasteiger partial charge on any atom is 0.163 e. The molecule has 0 saturated carbocycles. The van der Waals surface area contributed by atoms with Crippen LogP contribution in [-0.2, 0) is 0 Å². The van der Waals surface area contributed by atoms with E-state index in [1.807, 2.05) is 12.1 Å². The van der Waals surface area contributed by atoms with Crippen molar-refractivity contribution in [3.63, 3.8) is 0 Å². The van der Waals surface area contributed by atoms with Crippen molar-refractivity contribution in [1.82, 2.24) is 10.3 Å². The molecule has 1 atom stereocenters. The summed E-state index contributed by atoms with van der Waals surface area (Å²) in [5, 5.41) is 4.94. The van der Waals surface area contributed by atoms with Crippen molar-refractivity contribution in [3.05, 3.63) is 29.4 Å². The Bertz CT molecular complexity index is 642. The number of fused-ring (bicyclic) bond motifs is 1. The number of methoxy groups -OCH3 is 1. The highest BCUT2D eigenvalue weighted by atomic mass is 35.5. The zero-order valence-corrected chi connectivity index (χ0v) is 13.5. The highest BCUT2D eigenvalue weighted by molar-refractivity contribution is 6.35. The standard InChI is InChI=1S/C17H21ClN2O2/c1-21-16-9-13-14(18)5-7-20-15(13)10-17(16)22-8-2-3-12-4-6-19-11-12/h5,7,9-10,12,19H,2-4,6,8,11H2,1H3. The van der Waals surface area contributed by atoms with E-state index in [-0.39, 0.29) is 0 Å². The first-order chi connectivity index (χ1) is 10.8. The number of nitrogens with zero attached hydrogens (tertiary/aromatic N) is 1. The summed E-state index contributed by atoms with van der Waals surface area (Å²) in [6.07, 6.45) is 5.24. The Kier molecular flexibility index (Phi) is 5.01. The average molecular weight is 321 g/mol. The number of aromatic nitrogens is 1. The van der Waals surface area contributed by atoms with Crippen LogP contribution in [0.1, 0.15) is 19.3 Å². The molecule has 1 N–H and O–H groups in total. The van der Waals surface area contributed by atoms with Crippen LogP contribution in [0.4, 0.5) is 0 Å². The van der Waals surface area contributed by atoms with Crippen molar-refractivity contribution in [2.45, 2.75) is 19.3 Å². The molecule has 0 amide bonds. The number of hydrogen-bond donors (Lipinski definition) is 1. The van der Waals surface area contributed by atoms with Gasteiger partial charge in [-0.15, -0.1) is 0 Å². The van der Waals surface area contributed by atoms with Gasteiger partial charge in [0.05, 0.1) is 24.3 Å². The zero-order valence-electron chi connectivity index (χ0n) is 12.8. The number of ether oxygens (including phenoxy) is 2. The first kappa shape index (κ1) is 15.4. The van der Waals surface area contributed by atoms with Gasteiger partial charge in [-0.25, -0.2) is 0 Å². The minimum Gasteiger partial charge on any atom is -0.493 e. The monoisotopic (exact) mass is 320 g/mol. The van der Waals surface area contributed by atoms with Crippen LogP contribution in [0.5, 0.6) is 11.5 Å². The molecule has 22 heavy (non-hydrogen) atoms. The molecule has 0 bridgehead atoms. The SMILES string of the molecule is COc1cc2c(Cl)ccnc2cc1OCCCC1CCNC1. The molecule has 1 fully saturated rings. The van der Waals surface area contributed by atoms with E-state index >= 15 is 0 Å². The van der Waals surface area contributed by atoms with Gasteiger partial charge in [0.15, 0.2) is 11.5 Å². The van der Waals surface area contributed by atoms with Gasteiger partial charge in [-0.3, -0.25) is 4.98 Å². The minimum atomic E-state index is 0.670. The molecule has 1 saturated heterocycles. The Morgan fingerprint density at radius 2 is 2.27 bits per heavy atom. The third kappa shape index (κ3) is 3.45. The summed E-state index contributed by atoms with van der Waals surface area (Å²) in [6.45, 7) is 2.98. The van der Waals surface area contributed by atoms with Gasteiger partial charge in [-0.2, -0.15) is 0 Å². The largest absolute Gasteiger partial charge is 0.493 e. The molecule has 1 unspecified atom stereocenters. The maximum absolute atomic E-state index is 6.20. The number of hydrogen-bond acceptors (Lipinski definition) is 4. The Hall–Kier alpha value is -1.52. The van der Waals surface area contributed by atoms with Gasteiger partial charge in [0.1, 0.15) is 0 Å². The van der Waals surface area contributed by atoms with Gasteiger partial charge in [-0.05, 0) is 50.4 Å². The second-order valence-electron chi connectivity index (χ2n) is 5.66. The smallest absolute Gasteiger partial charge is 0.163 e. The molecule has 0 radical (unpaired) electrons. The molecule has 4 nitrogen and oxygen atoms in total. The molecule has 2 heterocycles. The predicted octanol–water partition coefficient (Wildman–Crippen LogP) is 3.67. The van der Waals surface area contributed by atoms with Crippen LogP contribution in [0.3, 0.4) is 0 Å². The van der Waals surface area contributed by atoms with Crippen molar-refractivity contribution in [1.29, 1.82) is 0 Å². The fourth-order valence-corrected chi connectivity index (χ4v) is 3.12. The quantitative estimate of drug-likeness (QED) is 0.825. The van der Waals surface area contributed by atoms with Gasteiger partial charge >= 0.3 is 0 Å². The molecule has 118 valence electrons. The van der Waals surface area contributed by atoms with E-state index < -0.39 is 0 Å². The summed E-state index contributed by atoms with van der Waals surface area (Å²) in [4.78, 5) is 4.34. The molecule has 1 aliphatic heterocycles. The summed E-state index contributed by atoms with van der Waals surface area (Å²) >= 11 is 6.20. The van der Waals surface area contributed by atoms with Gasteiger partial charge in [0, 0.05) is 17.6 Å². The van der Waals surface area contributed by atoms with Crippen molar-refractivity contribution < 1.29 is 9.47 Å². The molecule has 3 rings (SSSR count). The second kappa shape index (κ2) is 7.16. The van der Waals surface area contributed by atoms with E-state index in [2.05, 4.69) is 10.3 Å². The van der Waals surface area contributed by atoms with E-state index in [1.165, 1.54) is 12.8 Å². The third-order valence-corrected chi connectivity index (χ3v) is 4.48. The Morgan fingerprint density at radius 3 is 3.05 bits per heavy atom. The van der Waals surface area contributed by atoms with Gasteiger partial charge in [0.2, 0.25) is 0 Å². The number of halogens is 1. The number of rotatable bonds is 6. The fraction of sp³-hybridized carbons (Fsp3) is 0.471. The number of benzene rings is 1. The summed E-state index contributed by atoms with van der Waals surface area (Å²) in [5.74, 6) is 2.22. The third-order valence-electron chi connectivity index (χ3n) is 4.15. The lowest BCUT2D eigenvalue weighted by Gasteiger charge is -2.13. The van der Waals surface area contributed by atoms with E-state index in [0.717, 1.165) is 42.1 Å². The van der Waals surface area contributed by atoms with Gasteiger partial charge in [-0.1, -0.05) is 11.6 Å². The van der Waals surface area contributed by atoms with Crippen molar-refractivity contribution in [2.24, 2.45) is 5.92 Å². The van der Waals surface area contributed by atoms with Crippen molar-refractivity contribution in [2.75, 3.05) is 26.8 Å². The van der Waals surface area contributed by atoms with Crippen molar-refractivity contribution >= 4 is 22.5 Å². The lowest BCUT2D eigenvalue weighted by Crippen LogP contribution is -2.10. The molecule has 1 aliphatic rings. The molecular weight excluding hydrogens is 300 g/mol. The Morgan fingerprint density at radius 1 is 1.36 bits per heavy atom. The summed E-state index contributed by atoms with van der Waals surface area (Å²) in [7, 11) is 1.64. The van der Waals surface area contributed by atoms with E-state index in [0.29, 0.717) is 17.4 Å². The van der Waals surface area contributed by atoms with E-state index in [9.17, 15) is 0 Å². The average Bonchev–Trinajstić information content (AvgIpc) is 3.04. The predicted molar refractivity (Wildman–Crippen MR) is 89.0 cm³/mol. The molecular formula is C17H21ClN2O2. The van der Waals surface area contributed by atoms with Crippen LogP contribution in [0.2, 0.25) is 5.02 Å². The van der Waals surface area contributed by atoms with E-state index in [4.69, 9.17) is 21.1 Å². The molecule has 0 aliphatic carbocycles. The summed E-state index contributed by atoms with van der Waals surface area (Å²) in [6, 6.07) is 5.57. The number of pyridine rings is 1. The fourth-order valence-electron chi connectivity index (χ4n) is 2.91. The minimum absolute atomic E-state index is 0.670. The lowest BCUT2D eigenvalue weighted by atomic mass is 10.0. The number of nitrogens with one attached hydrogen (secondary N) is 1. The summed E-state index contributed by atoms with van der Waals surface area (Å²) in [5.41, 5.74) is 0.822. The van der Waals surface area contributed by atoms with Crippen LogP contribution in [0, 0.1) is 5.92 Å². The maximum atomic E-state index is 6.20. The van der Waals surface area contributed by atoms with E-state index in [1.54, 1.807) is 19.4 Å². The second-order valence-corrected chi connectivity index (χ2v) is 6.07. The Balaban J connectivity index is 1.66. The summed E-state index contributed by atoms with van der Waals surface area (Å²) < 4.78 is 11.3. The molecule has 1 aromatic carbocycles. The first-order valence-corrected chi connectivity index (χ1v) is 8.11. The Labute approximate surface area is 135 Å².